The summed E-state index contributed by atoms with van der Waals surface area (Å²) in [5.41, 5.74) is 2.20. The Morgan fingerprint density at radius 1 is 1.24 bits per heavy atom. The number of aryl methyl sites for hydroxylation is 1. The second-order valence-corrected chi connectivity index (χ2v) is 7.40. The highest BCUT2D eigenvalue weighted by atomic mass is 32.2. The van der Waals surface area contributed by atoms with E-state index in [9.17, 15) is 4.79 Å². The fourth-order valence-corrected chi connectivity index (χ4v) is 4.03. The Kier molecular flexibility index (Phi) is 4.57. The van der Waals surface area contributed by atoms with Gasteiger partial charge >= 0.3 is 0 Å². The molecule has 0 radical (unpaired) electrons. The average Bonchev–Trinajstić information content (AvgIpc) is 3.10. The summed E-state index contributed by atoms with van der Waals surface area (Å²) in [7, 11) is 0. The van der Waals surface area contributed by atoms with E-state index in [0.29, 0.717) is 22.5 Å². The summed E-state index contributed by atoms with van der Waals surface area (Å²) in [6.07, 6.45) is 6.04. The SMILES string of the molecule is Cc1cccc2nc(CSc3nnc(C4CCCCC4)o3)cc(=O)n12. The topological polar surface area (TPSA) is 73.3 Å². The van der Waals surface area contributed by atoms with Gasteiger partial charge in [0.2, 0.25) is 5.89 Å². The Balaban J connectivity index is 1.49. The lowest BCUT2D eigenvalue weighted by Crippen LogP contribution is -2.17. The number of hydrogen-bond acceptors (Lipinski definition) is 6. The van der Waals surface area contributed by atoms with E-state index < -0.39 is 0 Å². The van der Waals surface area contributed by atoms with Crippen LogP contribution in [0.1, 0.15) is 55.3 Å². The molecule has 0 bridgehead atoms. The van der Waals surface area contributed by atoms with E-state index in [0.717, 1.165) is 30.1 Å². The zero-order chi connectivity index (χ0) is 17.2. The van der Waals surface area contributed by atoms with E-state index in [1.807, 2.05) is 25.1 Å². The number of hydrogen-bond donors (Lipinski definition) is 0. The van der Waals surface area contributed by atoms with Crippen LogP contribution in [0.15, 0.2) is 38.7 Å². The van der Waals surface area contributed by atoms with Gasteiger partial charge in [-0.25, -0.2) is 4.98 Å². The van der Waals surface area contributed by atoms with E-state index in [-0.39, 0.29) is 5.56 Å². The van der Waals surface area contributed by atoms with Crippen LogP contribution in [-0.4, -0.2) is 19.6 Å². The van der Waals surface area contributed by atoms with Gasteiger partial charge in [-0.05, 0) is 31.9 Å². The van der Waals surface area contributed by atoms with Crippen LogP contribution in [0.25, 0.3) is 5.65 Å². The zero-order valence-electron chi connectivity index (χ0n) is 14.1. The molecule has 4 rings (SSSR count). The lowest BCUT2D eigenvalue weighted by molar-refractivity contribution is 0.334. The second-order valence-electron chi connectivity index (χ2n) is 6.48. The average molecular weight is 356 g/mol. The van der Waals surface area contributed by atoms with Gasteiger partial charge in [0.15, 0.2) is 0 Å². The normalized spacial score (nSPS) is 15.7. The molecule has 0 aromatic carbocycles. The maximum atomic E-state index is 12.3. The molecule has 6 nitrogen and oxygen atoms in total. The number of thioether (sulfide) groups is 1. The molecule has 3 aromatic rings. The summed E-state index contributed by atoms with van der Waals surface area (Å²) in [6.45, 7) is 1.90. The summed E-state index contributed by atoms with van der Waals surface area (Å²) in [4.78, 5) is 16.9. The van der Waals surface area contributed by atoms with Crippen molar-refractivity contribution < 1.29 is 4.42 Å². The van der Waals surface area contributed by atoms with Crippen molar-refractivity contribution in [1.29, 1.82) is 0 Å². The highest BCUT2D eigenvalue weighted by molar-refractivity contribution is 7.98. The third-order valence-electron chi connectivity index (χ3n) is 4.65. The number of fused-ring (bicyclic) bond motifs is 1. The third kappa shape index (κ3) is 3.46. The molecule has 1 saturated carbocycles. The Morgan fingerprint density at radius 2 is 2.08 bits per heavy atom. The fourth-order valence-electron chi connectivity index (χ4n) is 3.37. The van der Waals surface area contributed by atoms with E-state index in [1.54, 1.807) is 10.5 Å². The number of aromatic nitrogens is 4. The van der Waals surface area contributed by atoms with Gasteiger partial charge in [-0.2, -0.15) is 0 Å². The molecule has 1 fully saturated rings. The Morgan fingerprint density at radius 3 is 2.92 bits per heavy atom. The van der Waals surface area contributed by atoms with Gasteiger partial charge in [0.05, 0.1) is 5.69 Å². The molecule has 25 heavy (non-hydrogen) atoms. The van der Waals surface area contributed by atoms with E-state index in [4.69, 9.17) is 4.42 Å². The summed E-state index contributed by atoms with van der Waals surface area (Å²) < 4.78 is 7.42. The van der Waals surface area contributed by atoms with Crippen molar-refractivity contribution in [3.63, 3.8) is 0 Å². The first kappa shape index (κ1) is 16.3. The molecular formula is C18H20N4O2S. The molecule has 0 aliphatic heterocycles. The monoisotopic (exact) mass is 356 g/mol. The molecule has 0 N–H and O–H groups in total. The minimum atomic E-state index is -0.0628. The zero-order valence-corrected chi connectivity index (χ0v) is 15.0. The lowest BCUT2D eigenvalue weighted by Gasteiger charge is -2.17. The summed E-state index contributed by atoms with van der Waals surface area (Å²) >= 11 is 1.43. The Bertz CT molecular complexity index is 944. The smallest absolute Gasteiger partial charge is 0.276 e. The van der Waals surface area contributed by atoms with Crippen LogP contribution in [0.5, 0.6) is 0 Å². The van der Waals surface area contributed by atoms with Crippen LogP contribution in [0.3, 0.4) is 0 Å². The molecule has 3 heterocycles. The van der Waals surface area contributed by atoms with Gasteiger partial charge < -0.3 is 4.42 Å². The number of pyridine rings is 1. The summed E-state index contributed by atoms with van der Waals surface area (Å²) in [5.74, 6) is 1.69. The molecule has 3 aromatic heterocycles. The standard InChI is InChI=1S/C18H20N4O2S/c1-12-6-5-9-15-19-14(10-16(23)22(12)15)11-25-18-21-20-17(24-18)13-7-3-2-4-8-13/h5-6,9-10,13H,2-4,7-8,11H2,1H3. The summed E-state index contributed by atoms with van der Waals surface area (Å²) in [5, 5.41) is 8.90. The predicted octanol–water partition coefficient (Wildman–Crippen LogP) is 3.73. The quantitative estimate of drug-likeness (QED) is 0.663. The van der Waals surface area contributed by atoms with Gasteiger partial charge in [-0.3, -0.25) is 9.20 Å². The van der Waals surface area contributed by atoms with Crippen molar-refractivity contribution in [1.82, 2.24) is 19.6 Å². The van der Waals surface area contributed by atoms with Crippen LogP contribution in [0.4, 0.5) is 0 Å². The molecular weight excluding hydrogens is 336 g/mol. The summed E-state index contributed by atoms with van der Waals surface area (Å²) in [6, 6.07) is 7.22. The van der Waals surface area contributed by atoms with Crippen molar-refractivity contribution in [3.8, 4) is 0 Å². The molecule has 0 atom stereocenters. The number of rotatable bonds is 4. The highest BCUT2D eigenvalue weighted by Crippen LogP contribution is 2.33. The molecule has 0 unspecified atom stereocenters. The molecule has 1 aliphatic carbocycles. The van der Waals surface area contributed by atoms with Crippen LogP contribution in [0.2, 0.25) is 0 Å². The molecule has 0 saturated heterocycles. The van der Waals surface area contributed by atoms with Crippen molar-refractivity contribution in [3.05, 3.63) is 51.9 Å². The van der Waals surface area contributed by atoms with E-state index >= 15 is 0 Å². The molecule has 130 valence electrons. The minimum absolute atomic E-state index is 0.0628. The van der Waals surface area contributed by atoms with Crippen molar-refractivity contribution in [2.45, 2.75) is 55.9 Å². The van der Waals surface area contributed by atoms with Crippen molar-refractivity contribution >= 4 is 17.4 Å². The second kappa shape index (κ2) is 7.00. The Hall–Kier alpha value is -2.15. The van der Waals surface area contributed by atoms with Crippen LogP contribution in [0, 0.1) is 6.92 Å². The van der Waals surface area contributed by atoms with Gasteiger partial charge in [-0.15, -0.1) is 10.2 Å². The lowest BCUT2D eigenvalue weighted by atomic mass is 9.89. The largest absolute Gasteiger partial charge is 0.416 e. The van der Waals surface area contributed by atoms with E-state index in [2.05, 4.69) is 15.2 Å². The highest BCUT2D eigenvalue weighted by Gasteiger charge is 2.21. The number of nitrogens with zero attached hydrogens (tertiary/aromatic N) is 4. The predicted molar refractivity (Wildman–Crippen MR) is 95.9 cm³/mol. The van der Waals surface area contributed by atoms with Gasteiger partial charge in [0, 0.05) is 23.4 Å². The molecule has 1 aliphatic rings. The van der Waals surface area contributed by atoms with Gasteiger partial charge in [0.25, 0.3) is 10.8 Å². The third-order valence-corrected chi connectivity index (χ3v) is 5.51. The maximum absolute atomic E-state index is 12.3. The molecule has 7 heteroatoms. The van der Waals surface area contributed by atoms with Crippen LogP contribution in [-0.2, 0) is 5.75 Å². The first-order chi connectivity index (χ1) is 12.2. The maximum Gasteiger partial charge on any atom is 0.276 e. The van der Waals surface area contributed by atoms with Crippen molar-refractivity contribution in [2.75, 3.05) is 0 Å². The first-order valence-corrected chi connectivity index (χ1v) is 9.64. The molecule has 0 amide bonds. The first-order valence-electron chi connectivity index (χ1n) is 8.65. The van der Waals surface area contributed by atoms with Crippen molar-refractivity contribution in [2.24, 2.45) is 0 Å². The fraction of sp³-hybridized carbons (Fsp3) is 0.444. The van der Waals surface area contributed by atoms with Crippen LogP contribution < -0.4 is 5.56 Å². The van der Waals surface area contributed by atoms with E-state index in [1.165, 1.54) is 31.0 Å². The molecule has 0 spiro atoms. The van der Waals surface area contributed by atoms with Gasteiger partial charge in [0.1, 0.15) is 5.65 Å². The Labute approximate surface area is 149 Å². The van der Waals surface area contributed by atoms with Gasteiger partial charge in [-0.1, -0.05) is 37.1 Å². The van der Waals surface area contributed by atoms with Crippen LogP contribution >= 0.6 is 11.8 Å². The minimum Gasteiger partial charge on any atom is -0.416 e.